The summed E-state index contributed by atoms with van der Waals surface area (Å²) in [6.07, 6.45) is 1.62. The molecule has 1 aromatic carbocycles. The van der Waals surface area contributed by atoms with Gasteiger partial charge in [0.2, 0.25) is 0 Å². The van der Waals surface area contributed by atoms with E-state index in [0.29, 0.717) is 0 Å². The van der Waals surface area contributed by atoms with Crippen LogP contribution in [0.4, 0.5) is 0 Å². The van der Waals surface area contributed by atoms with E-state index in [4.69, 9.17) is 5.53 Å². The summed E-state index contributed by atoms with van der Waals surface area (Å²) in [7, 11) is 1.28. The summed E-state index contributed by atoms with van der Waals surface area (Å²) < 4.78 is 4.62. The van der Waals surface area contributed by atoms with E-state index in [1.54, 1.807) is 0 Å². The Balaban J connectivity index is 3.09. The second-order valence-corrected chi connectivity index (χ2v) is 3.73. The topological polar surface area (TPSA) is 62.7 Å². The molecule has 0 heterocycles. The smallest absolute Gasteiger partial charge is 0.417 e. The number of rotatable bonds is 5. The zero-order chi connectivity index (χ0) is 12.7. The van der Waals surface area contributed by atoms with Crippen molar-refractivity contribution < 1.29 is 14.3 Å². The highest BCUT2D eigenvalue weighted by atomic mass is 16.5. The van der Waals surface area contributed by atoms with Crippen molar-refractivity contribution >= 4 is 11.7 Å². The highest BCUT2D eigenvalue weighted by Gasteiger charge is 2.32. The maximum Gasteiger partial charge on any atom is 0.417 e. The fraction of sp³-hybridized carbons (Fsp3) is 0.385. The third-order valence-corrected chi connectivity index (χ3v) is 2.61. The number of carbonyl (C=O) groups excluding carboxylic acids is 1. The average Bonchev–Trinajstić information content (AvgIpc) is 2.39. The van der Waals surface area contributed by atoms with Crippen LogP contribution in [0.5, 0.6) is 0 Å². The molecule has 0 radical (unpaired) electrons. The van der Waals surface area contributed by atoms with Gasteiger partial charge in [-0.15, -0.1) is 0 Å². The van der Waals surface area contributed by atoms with Crippen LogP contribution in [0.25, 0.3) is 5.53 Å². The second-order valence-electron chi connectivity index (χ2n) is 3.73. The van der Waals surface area contributed by atoms with Gasteiger partial charge in [0.25, 0.3) is 0 Å². The van der Waals surface area contributed by atoms with Crippen LogP contribution >= 0.6 is 0 Å². The van der Waals surface area contributed by atoms with E-state index in [-0.39, 0.29) is 11.6 Å². The highest BCUT2D eigenvalue weighted by Crippen LogP contribution is 2.22. The molecule has 4 heteroatoms. The van der Waals surface area contributed by atoms with Gasteiger partial charge >= 0.3 is 11.7 Å². The number of carbonyl (C=O) groups is 1. The second kappa shape index (κ2) is 6.61. The Bertz CT molecular complexity index is 422. The Morgan fingerprint density at radius 3 is 2.53 bits per heavy atom. The standard InChI is InChI=1S/C13H16N2O2/c1-3-7-11(10-8-5-4-6-9-10)12(15-14)13(16)17-2/h4-6,8-9,11H,3,7H2,1-2H3. The van der Waals surface area contributed by atoms with Crippen LogP contribution in [-0.4, -0.2) is 23.6 Å². The minimum Gasteiger partial charge on any atom is -0.460 e. The molecule has 17 heavy (non-hydrogen) atoms. The number of esters is 1. The molecule has 0 bridgehead atoms. The van der Waals surface area contributed by atoms with Crippen LogP contribution in [0.2, 0.25) is 0 Å². The molecule has 1 rings (SSSR count). The van der Waals surface area contributed by atoms with Crippen molar-refractivity contribution in [2.24, 2.45) is 0 Å². The van der Waals surface area contributed by atoms with Gasteiger partial charge in [-0.1, -0.05) is 43.7 Å². The zero-order valence-corrected chi connectivity index (χ0v) is 10.1. The number of hydrogen-bond donors (Lipinski definition) is 0. The molecule has 0 spiro atoms. The van der Waals surface area contributed by atoms with Crippen LogP contribution in [0.3, 0.4) is 0 Å². The van der Waals surface area contributed by atoms with Crippen molar-refractivity contribution in [2.75, 3.05) is 7.11 Å². The lowest BCUT2D eigenvalue weighted by Gasteiger charge is -2.10. The predicted molar refractivity (Wildman–Crippen MR) is 64.7 cm³/mol. The Morgan fingerprint density at radius 1 is 1.41 bits per heavy atom. The van der Waals surface area contributed by atoms with Crippen molar-refractivity contribution in [1.82, 2.24) is 0 Å². The molecule has 0 amide bonds. The van der Waals surface area contributed by atoms with Gasteiger partial charge in [-0.2, -0.15) is 4.79 Å². The highest BCUT2D eigenvalue weighted by molar-refractivity contribution is 6.36. The molecule has 0 saturated carbocycles. The first-order valence-electron chi connectivity index (χ1n) is 5.59. The van der Waals surface area contributed by atoms with E-state index in [2.05, 4.69) is 9.53 Å². The van der Waals surface area contributed by atoms with Crippen LogP contribution < -0.4 is 0 Å². The molecule has 4 nitrogen and oxygen atoms in total. The average molecular weight is 232 g/mol. The van der Waals surface area contributed by atoms with Crippen molar-refractivity contribution in [3.05, 3.63) is 41.4 Å². The van der Waals surface area contributed by atoms with Gasteiger partial charge in [-0.3, -0.25) is 0 Å². The van der Waals surface area contributed by atoms with Crippen LogP contribution in [-0.2, 0) is 9.53 Å². The molecule has 1 aromatic rings. The van der Waals surface area contributed by atoms with Crippen LogP contribution in [0.15, 0.2) is 30.3 Å². The first kappa shape index (κ1) is 13.1. The SMILES string of the molecule is CCCC(C(=[N+]=[N-])C(=O)OC)c1ccccc1. The summed E-state index contributed by atoms with van der Waals surface area (Å²) in [5, 5.41) is 0. The quantitative estimate of drug-likeness (QED) is 0.339. The fourth-order valence-electron chi connectivity index (χ4n) is 1.79. The van der Waals surface area contributed by atoms with Gasteiger partial charge in [0.15, 0.2) is 0 Å². The van der Waals surface area contributed by atoms with E-state index in [0.717, 1.165) is 18.4 Å². The maximum atomic E-state index is 11.5. The molecule has 0 aliphatic carbocycles. The summed E-state index contributed by atoms with van der Waals surface area (Å²) in [5.74, 6) is -0.812. The predicted octanol–water partition coefficient (Wildman–Crippen LogP) is 2.41. The van der Waals surface area contributed by atoms with Gasteiger partial charge in [0.1, 0.15) is 0 Å². The third kappa shape index (κ3) is 3.26. The van der Waals surface area contributed by atoms with E-state index in [1.807, 2.05) is 37.3 Å². The van der Waals surface area contributed by atoms with Crippen molar-refractivity contribution in [1.29, 1.82) is 0 Å². The van der Waals surface area contributed by atoms with E-state index < -0.39 is 5.97 Å². The minimum absolute atomic E-state index is 0.0561. The first-order chi connectivity index (χ1) is 8.24. The zero-order valence-electron chi connectivity index (χ0n) is 10.1. The van der Waals surface area contributed by atoms with Gasteiger partial charge in [0.05, 0.1) is 13.0 Å². The summed E-state index contributed by atoms with van der Waals surface area (Å²) >= 11 is 0. The van der Waals surface area contributed by atoms with Crippen LogP contribution in [0.1, 0.15) is 31.2 Å². The Kier molecular flexibility index (Phi) is 5.11. The minimum atomic E-state index is -0.588. The number of methoxy groups -OCH3 is 1. The van der Waals surface area contributed by atoms with Crippen molar-refractivity contribution in [3.63, 3.8) is 0 Å². The van der Waals surface area contributed by atoms with Gasteiger partial charge in [-0.25, -0.2) is 4.79 Å². The third-order valence-electron chi connectivity index (χ3n) is 2.61. The Labute approximate surface area is 101 Å². The van der Waals surface area contributed by atoms with E-state index >= 15 is 0 Å². The number of ether oxygens (including phenoxy) is 1. The molecule has 0 N–H and O–H groups in total. The monoisotopic (exact) mass is 232 g/mol. The Morgan fingerprint density at radius 2 is 2.06 bits per heavy atom. The normalized spacial score (nSPS) is 11.4. The largest absolute Gasteiger partial charge is 0.460 e. The van der Waals surface area contributed by atoms with Crippen molar-refractivity contribution in [2.45, 2.75) is 25.7 Å². The summed E-state index contributed by atoms with van der Waals surface area (Å²) in [5.41, 5.74) is 9.98. The van der Waals surface area contributed by atoms with Gasteiger partial charge in [-0.05, 0) is 12.0 Å². The molecule has 0 fully saturated rings. The van der Waals surface area contributed by atoms with Crippen LogP contribution in [0, 0.1) is 0 Å². The lowest BCUT2D eigenvalue weighted by molar-refractivity contribution is -0.138. The number of hydrogen-bond acceptors (Lipinski definition) is 2. The molecule has 0 aromatic heterocycles. The maximum absolute atomic E-state index is 11.5. The van der Waals surface area contributed by atoms with E-state index in [9.17, 15) is 4.79 Å². The summed E-state index contributed by atoms with van der Waals surface area (Å²) in [4.78, 5) is 14.6. The summed E-state index contributed by atoms with van der Waals surface area (Å²) in [6.45, 7) is 2.02. The lowest BCUT2D eigenvalue weighted by atomic mass is 9.90. The molecule has 1 unspecified atom stereocenters. The number of nitrogens with zero attached hydrogens (tertiary/aromatic N) is 2. The van der Waals surface area contributed by atoms with E-state index in [1.165, 1.54) is 7.11 Å². The fourth-order valence-corrected chi connectivity index (χ4v) is 1.79. The Hall–Kier alpha value is -1.93. The van der Waals surface area contributed by atoms with Crippen molar-refractivity contribution in [3.8, 4) is 0 Å². The molecular formula is C13H16N2O2. The molecule has 0 saturated heterocycles. The molecule has 0 aliphatic heterocycles. The molecule has 1 atom stereocenters. The molecule has 90 valence electrons. The van der Waals surface area contributed by atoms with Gasteiger partial charge in [0, 0.05) is 0 Å². The van der Waals surface area contributed by atoms with Gasteiger partial charge < -0.3 is 10.3 Å². The molecule has 0 aliphatic rings. The molecular weight excluding hydrogens is 216 g/mol. The summed E-state index contributed by atoms with van der Waals surface area (Å²) in [6, 6.07) is 9.51. The lowest BCUT2D eigenvalue weighted by Crippen LogP contribution is -2.25. The first-order valence-corrected chi connectivity index (χ1v) is 5.59. The number of benzene rings is 1.